The Hall–Kier alpha value is -1.06. The van der Waals surface area contributed by atoms with Crippen LogP contribution < -0.4 is 11.5 Å². The highest BCUT2D eigenvalue weighted by molar-refractivity contribution is 5.73. The summed E-state index contributed by atoms with van der Waals surface area (Å²) >= 11 is 0. The number of primary amides is 2. The molecule has 0 aliphatic carbocycles. The van der Waals surface area contributed by atoms with Gasteiger partial charge in [0.25, 0.3) is 0 Å². The average molecular weight is 874 g/mol. The Morgan fingerprint density at radius 3 is 0.274 bits per heavy atom. The number of rotatable bonds is 57. The molecule has 4 nitrogen and oxygen atoms in total. The first-order valence-electron chi connectivity index (χ1n) is 29.2. The van der Waals surface area contributed by atoms with E-state index in [0.717, 1.165) is 12.8 Å². The van der Waals surface area contributed by atoms with Crippen molar-refractivity contribution in [2.45, 2.75) is 360 Å². The van der Waals surface area contributed by atoms with Crippen molar-refractivity contribution >= 4 is 11.8 Å². The molecule has 0 saturated heterocycles. The minimum absolute atomic E-state index is 0.148. The Balaban J connectivity index is 3.07. The maximum Gasteiger partial charge on any atom is 0.217 e. The van der Waals surface area contributed by atoms with E-state index in [9.17, 15) is 9.59 Å². The Morgan fingerprint density at radius 1 is 0.145 bits per heavy atom. The number of hydrogen-bond donors (Lipinski definition) is 2. The van der Waals surface area contributed by atoms with Gasteiger partial charge in [-0.3, -0.25) is 9.59 Å². The van der Waals surface area contributed by atoms with E-state index in [1.807, 2.05) is 0 Å². The van der Waals surface area contributed by atoms with Gasteiger partial charge >= 0.3 is 0 Å². The van der Waals surface area contributed by atoms with Crippen molar-refractivity contribution in [3.63, 3.8) is 0 Å². The van der Waals surface area contributed by atoms with Gasteiger partial charge in [-0.2, -0.15) is 0 Å². The second-order valence-electron chi connectivity index (χ2n) is 20.5. The van der Waals surface area contributed by atoms with Crippen LogP contribution in [0.25, 0.3) is 0 Å². The van der Waals surface area contributed by atoms with E-state index in [4.69, 9.17) is 11.5 Å². The standard InChI is InChI=1S/C58H116N2O2/c59-57(61)55-53-51-49-47-45-43-41-39-37-35-33-31-29-27-25-23-21-19-17-15-13-11-9-7-5-3-1-2-4-6-8-10-12-14-16-18-20-22-24-26-28-30-32-34-36-38-40-42-44-46-48-50-52-54-56-58(60)62/h1-56H2,(H2,59,61)(H2,60,62). The summed E-state index contributed by atoms with van der Waals surface area (Å²) in [5.74, 6) is -0.295. The monoisotopic (exact) mass is 873 g/mol. The SMILES string of the molecule is NC(=O)CCCCCCCCCCCCCCCCCCCCCCCCCCCCCCCCCCCCCCCCCCCCCCCCCCCCCCCCC(N)=O. The minimum atomic E-state index is -0.148. The molecule has 62 heavy (non-hydrogen) atoms. The molecule has 0 atom stereocenters. The molecule has 0 spiro atoms. The second-order valence-corrected chi connectivity index (χ2v) is 20.5. The fourth-order valence-electron chi connectivity index (χ4n) is 9.79. The summed E-state index contributed by atoms with van der Waals surface area (Å²) in [6.07, 6.45) is 77.7. The first-order valence-corrected chi connectivity index (χ1v) is 29.2. The van der Waals surface area contributed by atoms with Crippen LogP contribution in [0.4, 0.5) is 0 Å². The third-order valence-electron chi connectivity index (χ3n) is 14.1. The van der Waals surface area contributed by atoms with Gasteiger partial charge in [0, 0.05) is 12.8 Å². The smallest absolute Gasteiger partial charge is 0.217 e. The van der Waals surface area contributed by atoms with Gasteiger partial charge < -0.3 is 11.5 Å². The molecule has 0 aliphatic heterocycles. The topological polar surface area (TPSA) is 86.2 Å². The summed E-state index contributed by atoms with van der Waals surface area (Å²) in [5, 5.41) is 0. The molecule has 0 aromatic heterocycles. The quantitative estimate of drug-likeness (QED) is 0.0597. The highest BCUT2D eigenvalue weighted by Crippen LogP contribution is 2.19. The van der Waals surface area contributed by atoms with Gasteiger partial charge in [0.1, 0.15) is 0 Å². The molecule has 0 aliphatic rings. The predicted molar refractivity (Wildman–Crippen MR) is 277 cm³/mol. The summed E-state index contributed by atoms with van der Waals surface area (Å²) in [7, 11) is 0. The summed E-state index contributed by atoms with van der Waals surface area (Å²) in [6, 6.07) is 0. The van der Waals surface area contributed by atoms with Crippen molar-refractivity contribution in [2.75, 3.05) is 0 Å². The van der Waals surface area contributed by atoms with Crippen LogP contribution in [0.2, 0.25) is 0 Å². The fourth-order valence-corrected chi connectivity index (χ4v) is 9.79. The molecule has 0 radical (unpaired) electrons. The summed E-state index contributed by atoms with van der Waals surface area (Å²) in [5.41, 5.74) is 10.4. The Morgan fingerprint density at radius 2 is 0.210 bits per heavy atom. The van der Waals surface area contributed by atoms with Crippen LogP contribution >= 0.6 is 0 Å². The third-order valence-corrected chi connectivity index (χ3v) is 14.1. The van der Waals surface area contributed by atoms with E-state index < -0.39 is 0 Å². The number of amides is 2. The van der Waals surface area contributed by atoms with Gasteiger partial charge in [0.15, 0.2) is 0 Å². The Bertz CT molecular complexity index is 777. The third kappa shape index (κ3) is 58.9. The highest BCUT2D eigenvalue weighted by Gasteiger charge is 2.00. The maximum absolute atomic E-state index is 10.7. The summed E-state index contributed by atoms with van der Waals surface area (Å²) in [4.78, 5) is 21.5. The van der Waals surface area contributed by atoms with Gasteiger partial charge in [-0.05, 0) is 12.8 Å². The van der Waals surface area contributed by atoms with Gasteiger partial charge in [-0.15, -0.1) is 0 Å². The van der Waals surface area contributed by atoms with Crippen LogP contribution in [0.15, 0.2) is 0 Å². The van der Waals surface area contributed by atoms with Gasteiger partial charge in [-0.1, -0.05) is 334 Å². The number of hydrogen-bond acceptors (Lipinski definition) is 2. The first kappa shape index (κ1) is 60.9. The molecule has 0 aromatic carbocycles. The van der Waals surface area contributed by atoms with Crippen LogP contribution in [-0.4, -0.2) is 11.8 Å². The fraction of sp³-hybridized carbons (Fsp3) is 0.966. The van der Waals surface area contributed by atoms with Crippen molar-refractivity contribution in [3.05, 3.63) is 0 Å². The number of carbonyl (C=O) groups is 2. The van der Waals surface area contributed by atoms with Crippen molar-refractivity contribution in [1.29, 1.82) is 0 Å². The minimum Gasteiger partial charge on any atom is -0.370 e. The normalized spacial score (nSPS) is 11.5. The van der Waals surface area contributed by atoms with Crippen LogP contribution in [-0.2, 0) is 9.59 Å². The van der Waals surface area contributed by atoms with Crippen molar-refractivity contribution in [3.8, 4) is 0 Å². The predicted octanol–water partition coefficient (Wildman–Crippen LogP) is 19.8. The van der Waals surface area contributed by atoms with Crippen molar-refractivity contribution in [1.82, 2.24) is 0 Å². The Kier molecular flexibility index (Phi) is 55.1. The van der Waals surface area contributed by atoms with E-state index in [1.54, 1.807) is 0 Å². The number of unbranched alkanes of at least 4 members (excludes halogenated alkanes) is 53. The van der Waals surface area contributed by atoms with Crippen LogP contribution in [0, 0.1) is 0 Å². The molecular formula is C58H116N2O2. The van der Waals surface area contributed by atoms with Crippen LogP contribution in [0.3, 0.4) is 0 Å². The van der Waals surface area contributed by atoms with E-state index in [-0.39, 0.29) is 11.8 Å². The zero-order chi connectivity index (χ0) is 44.8. The van der Waals surface area contributed by atoms with Crippen LogP contribution in [0.5, 0.6) is 0 Å². The van der Waals surface area contributed by atoms with Gasteiger partial charge in [0.2, 0.25) is 11.8 Å². The Labute approximate surface area is 391 Å². The second kappa shape index (κ2) is 56.1. The molecule has 370 valence electrons. The number of nitrogens with two attached hydrogens (primary N) is 2. The lowest BCUT2D eigenvalue weighted by Gasteiger charge is -2.05. The molecule has 0 bridgehead atoms. The lowest BCUT2D eigenvalue weighted by Crippen LogP contribution is -2.09. The molecule has 0 fully saturated rings. The summed E-state index contributed by atoms with van der Waals surface area (Å²) < 4.78 is 0. The maximum atomic E-state index is 10.7. The molecular weight excluding hydrogens is 757 g/mol. The number of carbonyl (C=O) groups excluding carboxylic acids is 2. The lowest BCUT2D eigenvalue weighted by atomic mass is 10.0. The molecule has 4 N–H and O–H groups in total. The van der Waals surface area contributed by atoms with Gasteiger partial charge in [0.05, 0.1) is 0 Å². The van der Waals surface area contributed by atoms with E-state index in [2.05, 4.69) is 0 Å². The first-order chi connectivity index (χ1) is 30.6. The average Bonchev–Trinajstić information content (AvgIpc) is 3.26. The highest BCUT2D eigenvalue weighted by atomic mass is 16.1. The van der Waals surface area contributed by atoms with E-state index >= 15 is 0 Å². The van der Waals surface area contributed by atoms with E-state index in [0.29, 0.717) is 12.8 Å². The molecule has 0 unspecified atom stereocenters. The zero-order valence-corrected chi connectivity index (χ0v) is 42.6. The van der Waals surface area contributed by atoms with Crippen molar-refractivity contribution in [2.24, 2.45) is 11.5 Å². The van der Waals surface area contributed by atoms with Gasteiger partial charge in [-0.25, -0.2) is 0 Å². The molecule has 0 rings (SSSR count). The molecule has 0 saturated carbocycles. The largest absolute Gasteiger partial charge is 0.370 e. The van der Waals surface area contributed by atoms with Crippen LogP contribution in [0.1, 0.15) is 360 Å². The molecule has 0 aromatic rings. The van der Waals surface area contributed by atoms with Crippen molar-refractivity contribution < 1.29 is 9.59 Å². The van der Waals surface area contributed by atoms with E-state index in [1.165, 1.54) is 334 Å². The molecule has 2 amide bonds. The zero-order valence-electron chi connectivity index (χ0n) is 42.6. The summed E-state index contributed by atoms with van der Waals surface area (Å²) in [6.45, 7) is 0. The molecule has 0 heterocycles. The lowest BCUT2D eigenvalue weighted by molar-refractivity contribution is -0.119. The molecule has 4 heteroatoms.